The number of nitrogens with zero attached hydrogens (tertiary/aromatic N) is 4. The lowest BCUT2D eigenvalue weighted by atomic mass is 9.48. The van der Waals surface area contributed by atoms with Gasteiger partial charge in [-0.3, -0.25) is 9.48 Å². The van der Waals surface area contributed by atoms with E-state index < -0.39 is 0 Å². The molecule has 0 aromatic carbocycles. The number of aromatic nitrogens is 4. The lowest BCUT2D eigenvalue weighted by molar-refractivity contribution is -0.00576. The normalized spacial score (nSPS) is 32.4. The Morgan fingerprint density at radius 2 is 1.73 bits per heavy atom. The minimum absolute atomic E-state index is 0.103. The molecule has 2 aromatic heterocycles. The first-order valence-corrected chi connectivity index (χ1v) is 10.5. The molecule has 0 spiro atoms. The molecule has 26 heavy (non-hydrogen) atoms. The maximum absolute atomic E-state index is 13.2. The van der Waals surface area contributed by atoms with Crippen LogP contribution in [-0.4, -0.2) is 25.5 Å². The van der Waals surface area contributed by atoms with Crippen molar-refractivity contribution < 1.29 is 4.79 Å². The molecule has 4 bridgehead atoms. The summed E-state index contributed by atoms with van der Waals surface area (Å²) in [5.74, 6) is 2.54. The van der Waals surface area contributed by atoms with Crippen molar-refractivity contribution in [3.05, 3.63) is 33.3 Å². The Kier molecular flexibility index (Phi) is 3.56. The van der Waals surface area contributed by atoms with Crippen molar-refractivity contribution in [1.29, 1.82) is 0 Å². The van der Waals surface area contributed by atoms with Crippen molar-refractivity contribution in [2.45, 2.75) is 57.8 Å². The van der Waals surface area contributed by atoms with E-state index in [9.17, 15) is 4.79 Å². The first-order valence-electron chi connectivity index (χ1n) is 9.67. The van der Waals surface area contributed by atoms with Crippen molar-refractivity contribution in [2.24, 2.45) is 24.8 Å². The maximum Gasteiger partial charge on any atom is 0.297 e. The summed E-state index contributed by atoms with van der Waals surface area (Å²) < 4.78 is 3.95. The third kappa shape index (κ3) is 2.23. The first-order chi connectivity index (χ1) is 12.4. The highest BCUT2D eigenvalue weighted by Crippen LogP contribution is 2.61. The van der Waals surface area contributed by atoms with Crippen LogP contribution in [0.4, 0.5) is 0 Å². The van der Waals surface area contributed by atoms with Crippen molar-refractivity contribution in [1.82, 2.24) is 19.6 Å². The number of rotatable bonds is 2. The first kappa shape index (κ1) is 16.7. The van der Waals surface area contributed by atoms with E-state index in [1.807, 2.05) is 0 Å². The van der Waals surface area contributed by atoms with Crippen LogP contribution in [0.2, 0.25) is 0 Å². The topological polar surface area (TPSA) is 52.7 Å². The molecule has 6 rings (SSSR count). The van der Waals surface area contributed by atoms with Gasteiger partial charge < -0.3 is 0 Å². The molecule has 4 aliphatic rings. The van der Waals surface area contributed by atoms with Crippen LogP contribution in [0.3, 0.4) is 0 Å². The summed E-state index contributed by atoms with van der Waals surface area (Å²) in [4.78, 5) is 13.2. The molecule has 0 unspecified atom stereocenters. The Morgan fingerprint density at radius 1 is 1.15 bits per heavy atom. The molecule has 0 N–H and O–H groups in total. The molecule has 4 aliphatic carbocycles. The maximum atomic E-state index is 13.2. The third-order valence-corrected chi connectivity index (χ3v) is 7.73. The van der Waals surface area contributed by atoms with Gasteiger partial charge in [0.15, 0.2) is 0 Å². The van der Waals surface area contributed by atoms with Crippen LogP contribution < -0.4 is 0 Å². The van der Waals surface area contributed by atoms with E-state index >= 15 is 0 Å². The monoisotopic (exact) mass is 416 g/mol. The second kappa shape index (κ2) is 5.54. The van der Waals surface area contributed by atoms with Gasteiger partial charge in [-0.1, -0.05) is 0 Å². The molecular weight excluding hydrogens is 392 g/mol. The van der Waals surface area contributed by atoms with E-state index in [4.69, 9.17) is 5.10 Å². The van der Waals surface area contributed by atoms with Gasteiger partial charge >= 0.3 is 0 Å². The summed E-state index contributed by atoms with van der Waals surface area (Å²) in [5, 5.41) is 8.89. The molecule has 138 valence electrons. The number of hydrogen-bond acceptors (Lipinski definition) is 3. The second-order valence-corrected chi connectivity index (χ2v) is 9.78. The Hall–Kier alpha value is -1.43. The molecular formula is C20H25BrN4O. The van der Waals surface area contributed by atoms with Crippen LogP contribution in [0.5, 0.6) is 0 Å². The van der Waals surface area contributed by atoms with Crippen LogP contribution >= 0.6 is 15.9 Å². The minimum atomic E-state index is -0.103. The molecule has 0 atom stereocenters. The summed E-state index contributed by atoms with van der Waals surface area (Å²) in [5.41, 5.74) is 4.24. The Morgan fingerprint density at radius 3 is 2.23 bits per heavy atom. The zero-order chi connectivity index (χ0) is 18.2. The lowest BCUT2D eigenvalue weighted by Gasteiger charge is -2.57. The van der Waals surface area contributed by atoms with Gasteiger partial charge in [-0.05, 0) is 91.5 Å². The van der Waals surface area contributed by atoms with Crippen molar-refractivity contribution in [3.63, 3.8) is 0 Å². The zero-order valence-corrected chi connectivity index (χ0v) is 17.2. The van der Waals surface area contributed by atoms with Gasteiger partial charge in [0.1, 0.15) is 5.69 Å². The molecule has 4 fully saturated rings. The molecule has 0 aliphatic heterocycles. The molecule has 2 heterocycles. The number of carbonyl (C=O) groups excluding carboxylic acids is 1. The van der Waals surface area contributed by atoms with E-state index in [0.717, 1.165) is 29.1 Å². The molecule has 0 saturated heterocycles. The number of hydrogen-bond donors (Lipinski definition) is 0. The Labute approximate surface area is 162 Å². The summed E-state index contributed by atoms with van der Waals surface area (Å²) in [6.07, 6.45) is 9.80. The minimum Gasteiger partial charge on any atom is -0.265 e. The van der Waals surface area contributed by atoms with E-state index in [0.29, 0.717) is 10.2 Å². The number of carbonyl (C=O) groups is 1. The van der Waals surface area contributed by atoms with E-state index in [1.54, 1.807) is 22.6 Å². The quantitative estimate of drug-likeness (QED) is 0.738. The third-order valence-electron chi connectivity index (χ3n) is 7.15. The summed E-state index contributed by atoms with van der Waals surface area (Å²) in [6, 6.07) is 0. The van der Waals surface area contributed by atoms with Crippen LogP contribution in [-0.2, 0) is 12.5 Å². The summed E-state index contributed by atoms with van der Waals surface area (Å²) in [7, 11) is 1.80. The van der Waals surface area contributed by atoms with Crippen LogP contribution in [0, 0.1) is 31.6 Å². The molecule has 4 saturated carbocycles. The summed E-state index contributed by atoms with van der Waals surface area (Å²) in [6.45, 7) is 4.17. The van der Waals surface area contributed by atoms with Crippen LogP contribution in [0.15, 0.2) is 10.7 Å². The van der Waals surface area contributed by atoms with Crippen LogP contribution in [0.25, 0.3) is 0 Å². The van der Waals surface area contributed by atoms with Gasteiger partial charge in [-0.25, -0.2) is 0 Å². The second-order valence-electron chi connectivity index (χ2n) is 8.93. The van der Waals surface area contributed by atoms with Crippen molar-refractivity contribution in [2.75, 3.05) is 0 Å². The molecule has 6 heteroatoms. The smallest absolute Gasteiger partial charge is 0.265 e. The molecule has 2 aromatic rings. The fraction of sp³-hybridized carbons (Fsp3) is 0.650. The van der Waals surface area contributed by atoms with Gasteiger partial charge in [-0.15, -0.1) is 0 Å². The van der Waals surface area contributed by atoms with E-state index in [1.165, 1.54) is 44.1 Å². The van der Waals surface area contributed by atoms with Crippen LogP contribution in [0.1, 0.15) is 66.0 Å². The number of aryl methyl sites for hydroxylation is 2. The highest BCUT2D eigenvalue weighted by atomic mass is 79.9. The van der Waals surface area contributed by atoms with Gasteiger partial charge in [0.2, 0.25) is 0 Å². The van der Waals surface area contributed by atoms with E-state index in [2.05, 4.69) is 34.9 Å². The fourth-order valence-corrected chi connectivity index (χ4v) is 7.29. The molecule has 0 amide bonds. The highest BCUT2D eigenvalue weighted by Gasteiger charge is 2.53. The van der Waals surface area contributed by atoms with Gasteiger partial charge in [0.05, 0.1) is 16.4 Å². The SMILES string of the molecule is Cc1nn(C(=O)c2c(Br)cnn2C)c(C)c1C12CC3CC(CC(C3)C1)C2. The Bertz CT molecular complexity index is 855. The lowest BCUT2D eigenvalue weighted by Crippen LogP contribution is -2.49. The molecule has 0 radical (unpaired) electrons. The van der Waals surface area contributed by atoms with E-state index in [-0.39, 0.29) is 11.3 Å². The average molecular weight is 417 g/mol. The number of halogens is 1. The molecule has 5 nitrogen and oxygen atoms in total. The van der Waals surface area contributed by atoms with Gasteiger partial charge in [0, 0.05) is 18.3 Å². The fourth-order valence-electron chi connectivity index (χ4n) is 6.78. The van der Waals surface area contributed by atoms with Crippen molar-refractivity contribution >= 4 is 21.8 Å². The Balaban J connectivity index is 1.59. The predicted molar refractivity (Wildman–Crippen MR) is 102 cm³/mol. The zero-order valence-electron chi connectivity index (χ0n) is 15.6. The largest absolute Gasteiger partial charge is 0.297 e. The van der Waals surface area contributed by atoms with Crippen molar-refractivity contribution in [3.8, 4) is 0 Å². The predicted octanol–water partition coefficient (Wildman–Crippen LogP) is 4.15. The highest BCUT2D eigenvalue weighted by molar-refractivity contribution is 9.10. The average Bonchev–Trinajstić information content (AvgIpc) is 3.04. The van der Waals surface area contributed by atoms with Gasteiger partial charge in [-0.2, -0.15) is 14.9 Å². The standard InChI is InChI=1S/C20H25BrN4O/c1-11-17(20-7-13-4-14(8-20)6-15(5-13)9-20)12(2)25(23-11)19(26)18-16(21)10-22-24(18)3/h10,13-15H,4-9H2,1-3H3. The van der Waals surface area contributed by atoms with Gasteiger partial charge in [0.25, 0.3) is 5.91 Å². The summed E-state index contributed by atoms with van der Waals surface area (Å²) >= 11 is 3.45.